The van der Waals surface area contributed by atoms with Crippen molar-refractivity contribution in [3.63, 3.8) is 0 Å². The van der Waals surface area contributed by atoms with Crippen molar-refractivity contribution in [2.45, 2.75) is 39.8 Å². The third-order valence-electron chi connectivity index (χ3n) is 3.51. The normalized spacial score (nSPS) is 11.2. The van der Waals surface area contributed by atoms with Crippen LogP contribution in [0.5, 0.6) is 5.75 Å². The molecule has 5 heteroatoms. The molecular formula is C16H27N3O2. The Hall–Kier alpha value is -1.75. The molecule has 0 fully saturated rings. The fraction of sp³-hybridized carbons (Fsp3) is 0.562. The molecule has 21 heavy (non-hydrogen) atoms. The van der Waals surface area contributed by atoms with E-state index in [1.54, 1.807) is 18.2 Å². The second-order valence-corrected chi connectivity index (χ2v) is 5.60. The van der Waals surface area contributed by atoms with Gasteiger partial charge in [-0.25, -0.2) is 0 Å². The van der Waals surface area contributed by atoms with E-state index in [-0.39, 0.29) is 5.91 Å². The topological polar surface area (TPSA) is 67.6 Å². The van der Waals surface area contributed by atoms with E-state index >= 15 is 0 Å². The van der Waals surface area contributed by atoms with Crippen molar-refractivity contribution in [3.05, 3.63) is 23.8 Å². The largest absolute Gasteiger partial charge is 0.495 e. The van der Waals surface area contributed by atoms with Gasteiger partial charge in [-0.15, -0.1) is 0 Å². The number of hydrogen-bond donors (Lipinski definition) is 2. The van der Waals surface area contributed by atoms with Crippen LogP contribution in [0.4, 0.5) is 5.69 Å². The van der Waals surface area contributed by atoms with Crippen LogP contribution >= 0.6 is 0 Å². The Balaban J connectivity index is 2.62. The first-order valence-electron chi connectivity index (χ1n) is 7.34. The number of methoxy groups -OCH3 is 1. The molecule has 0 saturated carbocycles. The number of nitrogens with one attached hydrogen (secondary N) is 1. The number of anilines is 1. The number of rotatable bonds is 7. The zero-order chi connectivity index (χ0) is 16.0. The molecule has 0 aliphatic carbocycles. The van der Waals surface area contributed by atoms with E-state index in [1.807, 2.05) is 0 Å². The first kappa shape index (κ1) is 17.3. The molecule has 0 aliphatic heterocycles. The maximum atomic E-state index is 12.2. The molecule has 0 aromatic heterocycles. The van der Waals surface area contributed by atoms with Crippen molar-refractivity contribution in [1.82, 2.24) is 10.2 Å². The number of carbonyl (C=O) groups is 1. The number of benzene rings is 1. The summed E-state index contributed by atoms with van der Waals surface area (Å²) in [4.78, 5) is 14.5. The molecule has 1 aromatic carbocycles. The maximum Gasteiger partial charge on any atom is 0.253 e. The number of nitrogens with zero attached hydrogens (tertiary/aromatic N) is 1. The highest BCUT2D eigenvalue weighted by atomic mass is 16.5. The first-order valence-corrected chi connectivity index (χ1v) is 7.34. The molecule has 0 aliphatic rings. The number of nitrogen functional groups attached to an aromatic ring is 1. The van der Waals surface area contributed by atoms with Crippen LogP contribution in [0.2, 0.25) is 0 Å². The van der Waals surface area contributed by atoms with Gasteiger partial charge in [0.15, 0.2) is 0 Å². The average Bonchev–Trinajstić information content (AvgIpc) is 2.42. The van der Waals surface area contributed by atoms with Gasteiger partial charge in [0.25, 0.3) is 5.91 Å². The standard InChI is InChI=1S/C16H27N3O2/c1-11(2)19(12(3)4)10-9-18-16(20)13-7-6-8-14(21-5)15(13)17/h6-8,11-12H,9-10,17H2,1-5H3,(H,18,20). The molecule has 0 atom stereocenters. The third-order valence-corrected chi connectivity index (χ3v) is 3.51. The summed E-state index contributed by atoms with van der Waals surface area (Å²) in [6.45, 7) is 10.0. The minimum absolute atomic E-state index is 0.168. The van der Waals surface area contributed by atoms with Crippen LogP contribution < -0.4 is 15.8 Å². The van der Waals surface area contributed by atoms with Crippen LogP contribution in [0.1, 0.15) is 38.1 Å². The summed E-state index contributed by atoms with van der Waals surface area (Å²) in [7, 11) is 1.54. The van der Waals surface area contributed by atoms with E-state index in [4.69, 9.17) is 10.5 Å². The van der Waals surface area contributed by atoms with E-state index in [0.29, 0.717) is 35.6 Å². The van der Waals surface area contributed by atoms with E-state index in [1.165, 1.54) is 7.11 Å². The Bertz CT molecular complexity index is 465. The van der Waals surface area contributed by atoms with Crippen molar-refractivity contribution in [2.75, 3.05) is 25.9 Å². The molecule has 1 rings (SSSR count). The molecule has 0 spiro atoms. The average molecular weight is 293 g/mol. The monoisotopic (exact) mass is 293 g/mol. The van der Waals surface area contributed by atoms with Crippen molar-refractivity contribution in [2.24, 2.45) is 0 Å². The number of hydrogen-bond acceptors (Lipinski definition) is 4. The molecule has 0 saturated heterocycles. The van der Waals surface area contributed by atoms with Gasteiger partial charge in [-0.05, 0) is 39.8 Å². The van der Waals surface area contributed by atoms with Crippen molar-refractivity contribution in [1.29, 1.82) is 0 Å². The molecule has 0 radical (unpaired) electrons. The molecule has 0 unspecified atom stereocenters. The van der Waals surface area contributed by atoms with Gasteiger partial charge in [0.1, 0.15) is 5.75 Å². The Kier molecular flexibility index (Phi) is 6.49. The van der Waals surface area contributed by atoms with Gasteiger partial charge in [-0.3, -0.25) is 9.69 Å². The van der Waals surface area contributed by atoms with Crippen molar-refractivity contribution < 1.29 is 9.53 Å². The minimum atomic E-state index is -0.168. The summed E-state index contributed by atoms with van der Waals surface area (Å²) < 4.78 is 5.13. The summed E-state index contributed by atoms with van der Waals surface area (Å²) in [5, 5.41) is 2.92. The van der Waals surface area contributed by atoms with Crippen LogP contribution in [-0.2, 0) is 0 Å². The fourth-order valence-electron chi connectivity index (χ4n) is 2.43. The predicted molar refractivity (Wildman–Crippen MR) is 86.7 cm³/mol. The molecule has 0 heterocycles. The second kappa shape index (κ2) is 7.88. The zero-order valence-electron chi connectivity index (χ0n) is 13.6. The number of amides is 1. The zero-order valence-corrected chi connectivity index (χ0v) is 13.6. The Labute approximate surface area is 127 Å². The van der Waals surface area contributed by atoms with Gasteiger partial charge in [-0.1, -0.05) is 6.07 Å². The number of ether oxygens (including phenoxy) is 1. The van der Waals surface area contributed by atoms with Crippen molar-refractivity contribution >= 4 is 11.6 Å². The van der Waals surface area contributed by atoms with Gasteiger partial charge in [0.2, 0.25) is 0 Å². The highest BCUT2D eigenvalue weighted by Gasteiger charge is 2.15. The summed E-state index contributed by atoms with van der Waals surface area (Å²) in [5.41, 5.74) is 6.76. The number of carbonyl (C=O) groups excluding carboxylic acids is 1. The molecule has 3 N–H and O–H groups in total. The Morgan fingerprint density at radius 1 is 1.29 bits per heavy atom. The highest BCUT2D eigenvalue weighted by Crippen LogP contribution is 2.24. The molecule has 1 aromatic rings. The van der Waals surface area contributed by atoms with Crippen LogP contribution in [0.25, 0.3) is 0 Å². The molecule has 5 nitrogen and oxygen atoms in total. The predicted octanol–water partition coefficient (Wildman–Crippen LogP) is 2.13. The summed E-state index contributed by atoms with van der Waals surface area (Å²) >= 11 is 0. The van der Waals surface area contributed by atoms with Crippen LogP contribution in [-0.4, -0.2) is 43.1 Å². The van der Waals surface area contributed by atoms with Gasteiger partial charge < -0.3 is 15.8 Å². The minimum Gasteiger partial charge on any atom is -0.495 e. The molecule has 118 valence electrons. The lowest BCUT2D eigenvalue weighted by molar-refractivity contribution is 0.0940. The Morgan fingerprint density at radius 3 is 2.43 bits per heavy atom. The van der Waals surface area contributed by atoms with Gasteiger partial charge >= 0.3 is 0 Å². The molecular weight excluding hydrogens is 266 g/mol. The number of para-hydroxylation sites is 1. The maximum absolute atomic E-state index is 12.2. The van der Waals surface area contributed by atoms with E-state index in [0.717, 1.165) is 6.54 Å². The fourth-order valence-corrected chi connectivity index (χ4v) is 2.43. The van der Waals surface area contributed by atoms with Crippen LogP contribution in [0.3, 0.4) is 0 Å². The second-order valence-electron chi connectivity index (χ2n) is 5.60. The summed E-state index contributed by atoms with van der Waals surface area (Å²) in [6.07, 6.45) is 0. The van der Waals surface area contributed by atoms with Crippen LogP contribution in [0.15, 0.2) is 18.2 Å². The smallest absolute Gasteiger partial charge is 0.253 e. The van der Waals surface area contributed by atoms with E-state index in [9.17, 15) is 4.79 Å². The lowest BCUT2D eigenvalue weighted by Crippen LogP contribution is -2.42. The lowest BCUT2D eigenvalue weighted by atomic mass is 10.1. The first-order chi connectivity index (χ1) is 9.88. The van der Waals surface area contributed by atoms with Crippen molar-refractivity contribution in [3.8, 4) is 5.75 Å². The third kappa shape index (κ3) is 4.63. The summed E-state index contributed by atoms with van der Waals surface area (Å²) in [6, 6.07) is 6.10. The molecule has 1 amide bonds. The molecule has 0 bridgehead atoms. The van der Waals surface area contributed by atoms with Gasteiger partial charge in [0, 0.05) is 25.2 Å². The van der Waals surface area contributed by atoms with Gasteiger partial charge in [0.05, 0.1) is 18.4 Å². The Morgan fingerprint density at radius 2 is 1.90 bits per heavy atom. The van der Waals surface area contributed by atoms with Crippen LogP contribution in [0, 0.1) is 0 Å². The van der Waals surface area contributed by atoms with Gasteiger partial charge in [-0.2, -0.15) is 0 Å². The van der Waals surface area contributed by atoms with E-state index in [2.05, 4.69) is 37.9 Å². The van der Waals surface area contributed by atoms with E-state index < -0.39 is 0 Å². The summed E-state index contributed by atoms with van der Waals surface area (Å²) in [5.74, 6) is 0.354. The quantitative estimate of drug-likeness (QED) is 0.756. The highest BCUT2D eigenvalue weighted by molar-refractivity contribution is 6.00. The lowest BCUT2D eigenvalue weighted by Gasteiger charge is -2.30. The SMILES string of the molecule is COc1cccc(C(=O)NCCN(C(C)C)C(C)C)c1N. The number of nitrogens with two attached hydrogens (primary N) is 1.